The zero-order valence-electron chi connectivity index (χ0n) is 14.7. The van der Waals surface area contributed by atoms with Gasteiger partial charge in [-0.15, -0.1) is 0 Å². The molecule has 2 rings (SSSR count). The van der Waals surface area contributed by atoms with E-state index in [1.165, 1.54) is 12.1 Å². The summed E-state index contributed by atoms with van der Waals surface area (Å²) in [7, 11) is 4.06. The molecule has 1 heterocycles. The molecule has 22 heavy (non-hydrogen) atoms. The third-order valence-electron chi connectivity index (χ3n) is 4.36. The Morgan fingerprint density at radius 2 is 1.86 bits per heavy atom. The van der Waals surface area contributed by atoms with Gasteiger partial charge in [-0.25, -0.2) is 4.79 Å². The quantitative estimate of drug-likeness (QED) is 0.751. The predicted molar refractivity (Wildman–Crippen MR) is 89.5 cm³/mol. The Morgan fingerprint density at radius 3 is 2.41 bits per heavy atom. The van der Waals surface area contributed by atoms with Crippen molar-refractivity contribution in [2.24, 2.45) is 0 Å². The van der Waals surface area contributed by atoms with E-state index in [0.29, 0.717) is 6.42 Å². The van der Waals surface area contributed by atoms with E-state index in [1.807, 2.05) is 47.0 Å². The van der Waals surface area contributed by atoms with Gasteiger partial charge in [0.1, 0.15) is 11.1 Å². The van der Waals surface area contributed by atoms with E-state index in [9.17, 15) is 4.79 Å². The highest BCUT2D eigenvalue weighted by Gasteiger charge is 2.46. The fourth-order valence-corrected chi connectivity index (χ4v) is 3.17. The van der Waals surface area contributed by atoms with Gasteiger partial charge in [0.05, 0.1) is 0 Å². The fourth-order valence-electron chi connectivity index (χ4n) is 3.17. The average Bonchev–Trinajstić information content (AvgIpc) is 2.46. The lowest BCUT2D eigenvalue weighted by Gasteiger charge is -2.45. The number of nitrogens with zero attached hydrogens (tertiary/aromatic N) is 2. The van der Waals surface area contributed by atoms with Gasteiger partial charge >= 0.3 is 5.97 Å². The Morgan fingerprint density at radius 1 is 1.23 bits per heavy atom. The Hall–Kier alpha value is -1.29. The number of likely N-dealkylation sites (tertiary alicyclic amines) is 1. The van der Waals surface area contributed by atoms with Gasteiger partial charge in [0.15, 0.2) is 0 Å². The molecule has 0 radical (unpaired) electrons. The van der Waals surface area contributed by atoms with E-state index < -0.39 is 11.1 Å². The van der Waals surface area contributed by atoms with Crippen molar-refractivity contribution in [2.45, 2.75) is 57.6 Å². The van der Waals surface area contributed by atoms with Gasteiger partial charge in [-0.2, -0.15) is 0 Å². The summed E-state index contributed by atoms with van der Waals surface area (Å²) in [4.78, 5) is 17.4. The highest BCUT2D eigenvalue weighted by molar-refractivity contribution is 5.85. The van der Waals surface area contributed by atoms with Gasteiger partial charge in [0.2, 0.25) is 0 Å². The molecule has 0 N–H and O–H groups in total. The van der Waals surface area contributed by atoms with Crippen LogP contribution in [-0.4, -0.2) is 54.1 Å². The second-order valence-electron chi connectivity index (χ2n) is 7.56. The minimum atomic E-state index is -0.651. The summed E-state index contributed by atoms with van der Waals surface area (Å²) in [5.41, 5.74) is 0.0498. The molecule has 1 saturated heterocycles. The SMILES string of the molecule is CN(C)C1=CC=CC(C(=O)OC(C)(C)C)(N2CCCCC2)C1. The van der Waals surface area contributed by atoms with Crippen molar-refractivity contribution in [3.8, 4) is 0 Å². The first-order chi connectivity index (χ1) is 10.2. The maximum atomic E-state index is 13.0. The normalized spacial score (nSPS) is 26.5. The summed E-state index contributed by atoms with van der Waals surface area (Å²) >= 11 is 0. The molecule has 0 aromatic heterocycles. The zero-order valence-corrected chi connectivity index (χ0v) is 14.7. The number of hydrogen-bond acceptors (Lipinski definition) is 4. The van der Waals surface area contributed by atoms with Gasteiger partial charge in [0.25, 0.3) is 0 Å². The van der Waals surface area contributed by atoms with E-state index in [0.717, 1.165) is 25.9 Å². The lowest BCUT2D eigenvalue weighted by molar-refractivity contribution is -0.167. The van der Waals surface area contributed by atoms with Crippen LogP contribution in [0.1, 0.15) is 46.5 Å². The second-order valence-corrected chi connectivity index (χ2v) is 7.56. The van der Waals surface area contributed by atoms with Crippen molar-refractivity contribution in [2.75, 3.05) is 27.2 Å². The van der Waals surface area contributed by atoms with Crippen LogP contribution in [0.5, 0.6) is 0 Å². The highest BCUT2D eigenvalue weighted by atomic mass is 16.6. The van der Waals surface area contributed by atoms with Crippen LogP contribution < -0.4 is 0 Å². The van der Waals surface area contributed by atoms with Crippen molar-refractivity contribution in [3.63, 3.8) is 0 Å². The molecular weight excluding hydrogens is 276 g/mol. The molecule has 0 bridgehead atoms. The van der Waals surface area contributed by atoms with Gasteiger partial charge in [-0.05, 0) is 52.8 Å². The Labute approximate surface area is 134 Å². The molecule has 124 valence electrons. The van der Waals surface area contributed by atoms with Crippen LogP contribution in [0.2, 0.25) is 0 Å². The van der Waals surface area contributed by atoms with Crippen LogP contribution in [0.4, 0.5) is 0 Å². The second kappa shape index (κ2) is 6.45. The molecule has 4 nitrogen and oxygen atoms in total. The molecule has 0 spiro atoms. The number of carbonyl (C=O) groups is 1. The minimum absolute atomic E-state index is 0.120. The summed E-state index contributed by atoms with van der Waals surface area (Å²) in [6, 6.07) is 0. The maximum absolute atomic E-state index is 13.0. The number of ether oxygens (including phenoxy) is 1. The van der Waals surface area contributed by atoms with Crippen LogP contribution in [0.15, 0.2) is 23.9 Å². The van der Waals surface area contributed by atoms with Gasteiger partial charge < -0.3 is 9.64 Å². The Kier molecular flexibility index (Phi) is 5.00. The van der Waals surface area contributed by atoms with Gasteiger partial charge in [-0.1, -0.05) is 18.6 Å². The molecule has 4 heteroatoms. The van der Waals surface area contributed by atoms with Crippen molar-refractivity contribution in [1.29, 1.82) is 0 Å². The topological polar surface area (TPSA) is 32.8 Å². The Bertz CT molecular complexity index is 468. The third kappa shape index (κ3) is 3.72. The molecule has 1 fully saturated rings. The van der Waals surface area contributed by atoms with Crippen LogP contribution in [0, 0.1) is 0 Å². The third-order valence-corrected chi connectivity index (χ3v) is 4.36. The summed E-state index contributed by atoms with van der Waals surface area (Å²) in [6.45, 7) is 7.73. The average molecular weight is 306 g/mol. The van der Waals surface area contributed by atoms with Crippen molar-refractivity contribution in [1.82, 2.24) is 9.80 Å². The van der Waals surface area contributed by atoms with Gasteiger partial charge in [-0.3, -0.25) is 4.90 Å². The highest BCUT2D eigenvalue weighted by Crippen LogP contribution is 2.34. The lowest BCUT2D eigenvalue weighted by atomic mass is 9.85. The van der Waals surface area contributed by atoms with Crippen molar-refractivity contribution < 1.29 is 9.53 Å². The summed E-state index contributed by atoms with van der Waals surface area (Å²) in [6.07, 6.45) is 10.4. The van der Waals surface area contributed by atoms with E-state index in [4.69, 9.17) is 4.74 Å². The van der Waals surface area contributed by atoms with E-state index in [-0.39, 0.29) is 5.97 Å². The molecular formula is C18H30N2O2. The maximum Gasteiger partial charge on any atom is 0.331 e. The van der Waals surface area contributed by atoms with E-state index in [2.05, 4.69) is 15.9 Å². The lowest BCUT2D eigenvalue weighted by Crippen LogP contribution is -2.58. The molecule has 2 aliphatic rings. The first-order valence-corrected chi connectivity index (χ1v) is 8.29. The molecule has 1 aliphatic carbocycles. The zero-order chi connectivity index (χ0) is 16.4. The number of hydrogen-bond donors (Lipinski definition) is 0. The van der Waals surface area contributed by atoms with Crippen LogP contribution in [0.25, 0.3) is 0 Å². The molecule has 0 amide bonds. The minimum Gasteiger partial charge on any atom is -0.458 e. The first kappa shape index (κ1) is 17.1. The molecule has 1 aliphatic heterocycles. The summed E-state index contributed by atoms with van der Waals surface area (Å²) in [5.74, 6) is -0.120. The molecule has 0 aromatic rings. The number of esters is 1. The van der Waals surface area contributed by atoms with Gasteiger partial charge in [0, 0.05) is 26.2 Å². The van der Waals surface area contributed by atoms with Crippen molar-refractivity contribution in [3.05, 3.63) is 23.9 Å². The monoisotopic (exact) mass is 306 g/mol. The standard InChI is InChI=1S/C18H30N2O2/c1-17(2,3)22-16(21)18(20-12-7-6-8-13-20)11-9-10-15(14-18)19(4)5/h9-11H,6-8,12-14H2,1-5H3. The van der Waals surface area contributed by atoms with E-state index >= 15 is 0 Å². The van der Waals surface area contributed by atoms with E-state index in [1.54, 1.807) is 0 Å². The Balaban J connectivity index is 2.31. The fraction of sp³-hybridized carbons (Fsp3) is 0.722. The van der Waals surface area contributed by atoms with Crippen LogP contribution >= 0.6 is 0 Å². The molecule has 0 aromatic carbocycles. The predicted octanol–water partition coefficient (Wildman–Crippen LogP) is 2.96. The van der Waals surface area contributed by atoms with Crippen molar-refractivity contribution >= 4 is 5.97 Å². The summed E-state index contributed by atoms with van der Waals surface area (Å²) < 4.78 is 5.78. The smallest absolute Gasteiger partial charge is 0.331 e. The van der Waals surface area contributed by atoms with Crippen LogP contribution in [0.3, 0.4) is 0 Å². The number of piperidine rings is 1. The number of rotatable bonds is 3. The first-order valence-electron chi connectivity index (χ1n) is 8.29. The molecule has 1 unspecified atom stereocenters. The summed E-state index contributed by atoms with van der Waals surface area (Å²) in [5, 5.41) is 0. The van der Waals surface area contributed by atoms with Crippen LogP contribution in [-0.2, 0) is 9.53 Å². The molecule has 1 atom stereocenters. The molecule has 0 saturated carbocycles. The number of carbonyl (C=O) groups excluding carboxylic acids is 1. The largest absolute Gasteiger partial charge is 0.458 e. The number of allylic oxidation sites excluding steroid dienone is 2.